The van der Waals surface area contributed by atoms with E-state index in [1.54, 1.807) is 18.5 Å². The molecule has 2 unspecified atom stereocenters. The van der Waals surface area contributed by atoms with Gasteiger partial charge in [-0.3, -0.25) is 9.78 Å². The number of anilines is 1. The minimum atomic E-state index is -0.192. The van der Waals surface area contributed by atoms with E-state index in [1.807, 2.05) is 26.0 Å². The van der Waals surface area contributed by atoms with E-state index in [1.165, 1.54) is 0 Å². The van der Waals surface area contributed by atoms with Gasteiger partial charge in [0.2, 0.25) is 5.91 Å². The van der Waals surface area contributed by atoms with Crippen molar-refractivity contribution < 1.29 is 9.53 Å². The lowest BCUT2D eigenvalue weighted by Gasteiger charge is -2.30. The molecule has 4 aromatic rings. The maximum Gasteiger partial charge on any atom is 0.232 e. The summed E-state index contributed by atoms with van der Waals surface area (Å²) in [7, 11) is 0. The third-order valence-corrected chi connectivity index (χ3v) is 6.23. The molecule has 172 valence electrons. The standard InChI is InChI=1S/C25H25N7O2/c1-14-8-18(6-7-34-14)32-23(10-24(33)31-21-12-27-16(3)29-15(21)2)30-22-13-28-20-5-4-17(11-26)9-19(20)25(22)32/h4-5,9,12-14,18H,6-8,10H2,1-3H3,(H,31,33). The van der Waals surface area contributed by atoms with Gasteiger partial charge in [-0.25, -0.2) is 15.0 Å². The molecule has 1 amide bonds. The van der Waals surface area contributed by atoms with Crippen LogP contribution in [-0.4, -0.2) is 43.1 Å². The van der Waals surface area contributed by atoms with Crippen LogP contribution in [0.2, 0.25) is 0 Å². The number of pyridine rings is 1. The van der Waals surface area contributed by atoms with Crippen LogP contribution in [0.15, 0.2) is 30.6 Å². The first-order valence-corrected chi connectivity index (χ1v) is 11.3. The second-order valence-electron chi connectivity index (χ2n) is 8.73. The molecule has 1 aliphatic rings. The van der Waals surface area contributed by atoms with Gasteiger partial charge in [-0.1, -0.05) is 0 Å². The van der Waals surface area contributed by atoms with Crippen LogP contribution in [0.3, 0.4) is 0 Å². The molecular weight excluding hydrogens is 430 g/mol. The van der Waals surface area contributed by atoms with Crippen LogP contribution >= 0.6 is 0 Å². The van der Waals surface area contributed by atoms with Crippen molar-refractivity contribution >= 4 is 33.5 Å². The van der Waals surface area contributed by atoms with E-state index in [-0.39, 0.29) is 24.5 Å². The molecule has 0 bridgehead atoms. The van der Waals surface area contributed by atoms with Gasteiger partial charge in [0, 0.05) is 18.0 Å². The lowest BCUT2D eigenvalue weighted by Crippen LogP contribution is -2.27. The van der Waals surface area contributed by atoms with Crippen LogP contribution in [0.25, 0.3) is 21.9 Å². The van der Waals surface area contributed by atoms with Crippen LogP contribution in [0.4, 0.5) is 5.69 Å². The molecule has 1 N–H and O–H groups in total. The van der Waals surface area contributed by atoms with E-state index in [0.29, 0.717) is 40.7 Å². The van der Waals surface area contributed by atoms with E-state index >= 15 is 0 Å². The van der Waals surface area contributed by atoms with Crippen LogP contribution in [0.1, 0.15) is 48.7 Å². The molecule has 2 atom stereocenters. The summed E-state index contributed by atoms with van der Waals surface area (Å²) in [5.74, 6) is 1.12. The van der Waals surface area contributed by atoms with Gasteiger partial charge in [-0.15, -0.1) is 0 Å². The molecule has 1 fully saturated rings. The lowest BCUT2D eigenvalue weighted by molar-refractivity contribution is -0.115. The van der Waals surface area contributed by atoms with Gasteiger partial charge in [-0.05, 0) is 51.8 Å². The number of imidazole rings is 1. The predicted octanol–water partition coefficient (Wildman–Crippen LogP) is 3.78. The van der Waals surface area contributed by atoms with Crippen LogP contribution in [0.5, 0.6) is 0 Å². The van der Waals surface area contributed by atoms with Crippen LogP contribution in [-0.2, 0) is 16.0 Å². The van der Waals surface area contributed by atoms with Gasteiger partial charge in [0.25, 0.3) is 0 Å². The average Bonchev–Trinajstić information content (AvgIpc) is 3.18. The quantitative estimate of drug-likeness (QED) is 0.497. The maximum atomic E-state index is 13.1. The third kappa shape index (κ3) is 4.08. The Balaban J connectivity index is 1.60. The number of rotatable bonds is 4. The van der Waals surface area contributed by atoms with E-state index in [4.69, 9.17) is 9.72 Å². The topological polar surface area (TPSA) is 119 Å². The van der Waals surface area contributed by atoms with Crippen molar-refractivity contribution in [2.45, 2.75) is 52.2 Å². The monoisotopic (exact) mass is 455 g/mol. The van der Waals surface area contributed by atoms with Gasteiger partial charge in [0.15, 0.2) is 0 Å². The number of nitrogens with one attached hydrogen (secondary N) is 1. The van der Waals surface area contributed by atoms with Crippen molar-refractivity contribution in [3.63, 3.8) is 0 Å². The zero-order valence-electron chi connectivity index (χ0n) is 19.4. The summed E-state index contributed by atoms with van der Waals surface area (Å²) in [5, 5.41) is 13.2. The Morgan fingerprint density at radius 1 is 1.24 bits per heavy atom. The Labute approximate surface area is 196 Å². The highest BCUT2D eigenvalue weighted by atomic mass is 16.5. The normalized spacial score (nSPS) is 18.2. The van der Waals surface area contributed by atoms with E-state index < -0.39 is 0 Å². The van der Waals surface area contributed by atoms with Crippen molar-refractivity contribution in [3.05, 3.63) is 53.5 Å². The molecule has 4 heterocycles. The first-order chi connectivity index (χ1) is 16.4. The molecule has 9 nitrogen and oxygen atoms in total. The highest BCUT2D eigenvalue weighted by Crippen LogP contribution is 2.34. The van der Waals surface area contributed by atoms with Gasteiger partial charge < -0.3 is 14.6 Å². The Bertz CT molecular complexity index is 1450. The number of hydrogen-bond donors (Lipinski definition) is 1. The fourth-order valence-corrected chi connectivity index (χ4v) is 4.67. The molecule has 34 heavy (non-hydrogen) atoms. The minimum absolute atomic E-state index is 0.0904. The molecule has 3 aromatic heterocycles. The number of hydrogen-bond acceptors (Lipinski definition) is 7. The van der Waals surface area contributed by atoms with Gasteiger partial charge in [0.1, 0.15) is 17.2 Å². The Kier molecular flexibility index (Phi) is 5.67. The van der Waals surface area contributed by atoms with Crippen molar-refractivity contribution in [1.29, 1.82) is 5.26 Å². The Morgan fingerprint density at radius 3 is 2.85 bits per heavy atom. The first-order valence-electron chi connectivity index (χ1n) is 11.3. The molecule has 0 radical (unpaired) electrons. The number of benzene rings is 1. The van der Waals surface area contributed by atoms with Gasteiger partial charge >= 0.3 is 0 Å². The largest absolute Gasteiger partial charge is 0.378 e. The molecule has 1 aliphatic heterocycles. The molecule has 1 aromatic carbocycles. The number of carbonyl (C=O) groups excluding carboxylic acids is 1. The third-order valence-electron chi connectivity index (χ3n) is 6.23. The number of aromatic nitrogens is 5. The summed E-state index contributed by atoms with van der Waals surface area (Å²) in [6, 6.07) is 7.80. The summed E-state index contributed by atoms with van der Waals surface area (Å²) in [6.07, 6.45) is 5.19. The zero-order chi connectivity index (χ0) is 23.8. The number of aryl methyl sites for hydroxylation is 2. The molecule has 1 saturated heterocycles. The molecule has 0 saturated carbocycles. The van der Waals surface area contributed by atoms with E-state index in [0.717, 1.165) is 29.3 Å². The Morgan fingerprint density at radius 2 is 2.09 bits per heavy atom. The fourth-order valence-electron chi connectivity index (χ4n) is 4.67. The summed E-state index contributed by atoms with van der Waals surface area (Å²) in [4.78, 5) is 30.9. The van der Waals surface area contributed by atoms with Crippen LogP contribution in [0, 0.1) is 25.2 Å². The number of nitriles is 1. The van der Waals surface area contributed by atoms with E-state index in [9.17, 15) is 10.1 Å². The molecular formula is C25H25N7O2. The number of amides is 1. The minimum Gasteiger partial charge on any atom is -0.378 e. The van der Waals surface area contributed by atoms with Gasteiger partial charge in [-0.2, -0.15) is 5.26 Å². The SMILES string of the molecule is Cc1ncc(NC(=O)Cc2nc3cnc4ccc(C#N)cc4c3n2C2CCOC(C)C2)c(C)n1. The Hall–Kier alpha value is -3.90. The summed E-state index contributed by atoms with van der Waals surface area (Å²) in [6.45, 7) is 6.36. The second kappa shape index (κ2) is 8.80. The second-order valence-corrected chi connectivity index (χ2v) is 8.73. The molecule has 9 heteroatoms. The zero-order valence-corrected chi connectivity index (χ0v) is 19.4. The number of fused-ring (bicyclic) bond motifs is 3. The maximum absolute atomic E-state index is 13.1. The van der Waals surface area contributed by atoms with Gasteiger partial charge in [0.05, 0.1) is 59.0 Å². The predicted molar refractivity (Wildman–Crippen MR) is 127 cm³/mol. The van der Waals surface area contributed by atoms with Crippen molar-refractivity contribution in [1.82, 2.24) is 24.5 Å². The van der Waals surface area contributed by atoms with E-state index in [2.05, 4.69) is 37.8 Å². The highest BCUT2D eigenvalue weighted by molar-refractivity contribution is 6.03. The average molecular weight is 456 g/mol. The summed E-state index contributed by atoms with van der Waals surface area (Å²) >= 11 is 0. The van der Waals surface area contributed by atoms with Crippen LogP contribution < -0.4 is 5.32 Å². The summed E-state index contributed by atoms with van der Waals surface area (Å²) < 4.78 is 7.95. The molecule has 0 spiro atoms. The summed E-state index contributed by atoms with van der Waals surface area (Å²) in [5.41, 5.74) is 4.26. The fraction of sp³-hybridized carbons (Fsp3) is 0.360. The lowest BCUT2D eigenvalue weighted by atomic mass is 10.0. The number of nitrogens with zero attached hydrogens (tertiary/aromatic N) is 6. The first kappa shape index (κ1) is 21.9. The van der Waals surface area contributed by atoms with Crippen molar-refractivity contribution in [3.8, 4) is 6.07 Å². The highest BCUT2D eigenvalue weighted by Gasteiger charge is 2.27. The molecule has 5 rings (SSSR count). The smallest absolute Gasteiger partial charge is 0.232 e. The van der Waals surface area contributed by atoms with Crippen molar-refractivity contribution in [2.24, 2.45) is 0 Å². The number of carbonyl (C=O) groups is 1. The number of ether oxygens (including phenoxy) is 1. The van der Waals surface area contributed by atoms with Crippen molar-refractivity contribution in [2.75, 3.05) is 11.9 Å². The molecule has 0 aliphatic carbocycles.